The molecule has 1 aliphatic heterocycles. The first-order chi connectivity index (χ1) is 27.7. The first kappa shape index (κ1) is 33.6. The summed E-state index contributed by atoms with van der Waals surface area (Å²) in [5, 5.41) is 6.38. The molecule has 8 aromatic rings. The van der Waals surface area contributed by atoms with E-state index < -0.39 is 0 Å². The SMILES string of the molecule is C1=C(c2ccc3ccc4c(c3c2)C(c2ccccc2)=CC(c2ccccc2)N4)C=C(c2ccc(-c3ccccc3)cc2)CC1c1ccc(-c2ccccc2)cc1. The van der Waals surface area contributed by atoms with Gasteiger partial charge in [-0.15, -0.1) is 0 Å². The van der Waals surface area contributed by atoms with Gasteiger partial charge < -0.3 is 5.32 Å². The van der Waals surface area contributed by atoms with Crippen LogP contribution in [0, 0.1) is 0 Å². The summed E-state index contributed by atoms with van der Waals surface area (Å²) >= 11 is 0. The number of fused-ring (bicyclic) bond motifs is 3. The van der Waals surface area contributed by atoms with Crippen LogP contribution in [-0.4, -0.2) is 0 Å². The highest BCUT2D eigenvalue weighted by Gasteiger charge is 2.25. The molecule has 0 amide bonds. The highest BCUT2D eigenvalue weighted by molar-refractivity contribution is 6.05. The summed E-state index contributed by atoms with van der Waals surface area (Å²) in [5.74, 6) is 0.233. The van der Waals surface area contributed by atoms with Crippen molar-refractivity contribution >= 4 is 33.2 Å². The van der Waals surface area contributed by atoms with E-state index in [1.807, 2.05) is 0 Å². The van der Waals surface area contributed by atoms with Gasteiger partial charge in [0.2, 0.25) is 0 Å². The Morgan fingerprint density at radius 3 is 1.57 bits per heavy atom. The molecule has 0 radical (unpaired) electrons. The Kier molecular flexibility index (Phi) is 8.82. The molecule has 2 aliphatic rings. The normalized spacial score (nSPS) is 16.2. The van der Waals surface area contributed by atoms with Crippen LogP contribution >= 0.6 is 0 Å². The van der Waals surface area contributed by atoms with Crippen molar-refractivity contribution in [3.63, 3.8) is 0 Å². The summed E-state index contributed by atoms with van der Waals surface area (Å²) < 4.78 is 0. The Labute approximate surface area is 329 Å². The number of rotatable bonds is 7. The van der Waals surface area contributed by atoms with Crippen LogP contribution in [0.2, 0.25) is 0 Å². The number of nitrogens with one attached hydrogen (secondary N) is 1. The third-order valence-corrected chi connectivity index (χ3v) is 11.5. The molecular weight excluding hydrogens is 675 g/mol. The minimum atomic E-state index is 0.0772. The Balaban J connectivity index is 1.08. The Hall–Kier alpha value is -6.96. The van der Waals surface area contributed by atoms with Crippen molar-refractivity contribution in [1.82, 2.24) is 0 Å². The van der Waals surface area contributed by atoms with Crippen LogP contribution in [0.1, 0.15) is 51.8 Å². The summed E-state index contributed by atoms with van der Waals surface area (Å²) in [6.07, 6.45) is 8.27. The van der Waals surface area contributed by atoms with Gasteiger partial charge in [0.15, 0.2) is 0 Å². The van der Waals surface area contributed by atoms with Crippen LogP contribution in [0.15, 0.2) is 218 Å². The van der Waals surface area contributed by atoms with Gasteiger partial charge in [0.1, 0.15) is 0 Å². The molecule has 1 nitrogen and oxygen atoms in total. The molecule has 1 heteroatoms. The molecule has 0 fully saturated rings. The quantitative estimate of drug-likeness (QED) is 0.173. The van der Waals surface area contributed by atoms with Gasteiger partial charge in [-0.05, 0) is 102 Å². The molecule has 2 atom stereocenters. The molecule has 0 spiro atoms. The van der Waals surface area contributed by atoms with Crippen molar-refractivity contribution in [2.75, 3.05) is 5.32 Å². The molecule has 0 bridgehead atoms. The first-order valence-corrected chi connectivity index (χ1v) is 19.6. The molecule has 56 heavy (non-hydrogen) atoms. The first-order valence-electron chi connectivity index (χ1n) is 19.6. The average molecular weight is 716 g/mol. The van der Waals surface area contributed by atoms with E-state index in [1.54, 1.807) is 0 Å². The van der Waals surface area contributed by atoms with E-state index in [0.717, 1.165) is 12.1 Å². The summed E-state index contributed by atoms with van der Waals surface area (Å²) in [6.45, 7) is 0. The van der Waals surface area contributed by atoms with Crippen LogP contribution in [0.5, 0.6) is 0 Å². The molecule has 1 N–H and O–H groups in total. The Morgan fingerprint density at radius 2 is 0.929 bits per heavy atom. The van der Waals surface area contributed by atoms with E-state index >= 15 is 0 Å². The number of anilines is 1. The molecular formula is C55H41N. The number of allylic oxidation sites excluding steroid dienone is 4. The molecule has 0 saturated heterocycles. The summed E-state index contributed by atoms with van der Waals surface area (Å²) in [5.41, 5.74) is 17.6. The van der Waals surface area contributed by atoms with Crippen molar-refractivity contribution in [3.8, 4) is 22.3 Å². The minimum absolute atomic E-state index is 0.0772. The van der Waals surface area contributed by atoms with Crippen molar-refractivity contribution in [2.45, 2.75) is 18.4 Å². The fourth-order valence-corrected chi connectivity index (χ4v) is 8.53. The van der Waals surface area contributed by atoms with E-state index in [2.05, 4.69) is 224 Å². The van der Waals surface area contributed by atoms with E-state index in [1.165, 1.54) is 83.1 Å². The predicted octanol–water partition coefficient (Wildman–Crippen LogP) is 14.4. The lowest BCUT2D eigenvalue weighted by Gasteiger charge is -2.29. The van der Waals surface area contributed by atoms with E-state index in [9.17, 15) is 0 Å². The third kappa shape index (κ3) is 6.59. The minimum Gasteiger partial charge on any atom is -0.374 e. The van der Waals surface area contributed by atoms with Crippen LogP contribution in [0.3, 0.4) is 0 Å². The second-order valence-corrected chi connectivity index (χ2v) is 14.9. The van der Waals surface area contributed by atoms with Crippen LogP contribution < -0.4 is 5.32 Å². The van der Waals surface area contributed by atoms with Crippen molar-refractivity contribution in [2.24, 2.45) is 0 Å². The predicted molar refractivity (Wildman–Crippen MR) is 237 cm³/mol. The third-order valence-electron chi connectivity index (χ3n) is 11.5. The van der Waals surface area contributed by atoms with Gasteiger partial charge in [-0.1, -0.05) is 200 Å². The highest BCUT2D eigenvalue weighted by Crippen LogP contribution is 2.45. The van der Waals surface area contributed by atoms with Crippen LogP contribution in [0.4, 0.5) is 5.69 Å². The molecule has 1 heterocycles. The molecule has 2 unspecified atom stereocenters. The molecule has 0 saturated carbocycles. The van der Waals surface area contributed by atoms with Gasteiger partial charge in [-0.2, -0.15) is 0 Å². The molecule has 1 aliphatic carbocycles. The average Bonchev–Trinajstić information content (AvgIpc) is 3.29. The molecule has 8 aromatic carbocycles. The van der Waals surface area contributed by atoms with Crippen molar-refractivity contribution in [3.05, 3.63) is 252 Å². The molecule has 266 valence electrons. The number of hydrogen-bond donors (Lipinski definition) is 1. The lowest BCUT2D eigenvalue weighted by Crippen LogP contribution is -2.15. The zero-order valence-corrected chi connectivity index (χ0v) is 31.1. The largest absolute Gasteiger partial charge is 0.374 e. The second-order valence-electron chi connectivity index (χ2n) is 14.9. The van der Waals surface area contributed by atoms with E-state index in [4.69, 9.17) is 0 Å². The van der Waals surface area contributed by atoms with Crippen molar-refractivity contribution < 1.29 is 0 Å². The number of benzene rings is 8. The zero-order valence-electron chi connectivity index (χ0n) is 31.1. The second kappa shape index (κ2) is 14.7. The lowest BCUT2D eigenvalue weighted by molar-refractivity contribution is 0.871. The van der Waals surface area contributed by atoms with E-state index in [0.29, 0.717) is 0 Å². The van der Waals surface area contributed by atoms with Gasteiger partial charge in [0.25, 0.3) is 0 Å². The van der Waals surface area contributed by atoms with E-state index in [-0.39, 0.29) is 12.0 Å². The van der Waals surface area contributed by atoms with Gasteiger partial charge in [0.05, 0.1) is 6.04 Å². The van der Waals surface area contributed by atoms with Crippen molar-refractivity contribution in [1.29, 1.82) is 0 Å². The lowest BCUT2D eigenvalue weighted by atomic mass is 9.80. The maximum Gasteiger partial charge on any atom is 0.0707 e. The molecule has 10 rings (SSSR count). The Morgan fingerprint density at radius 1 is 0.411 bits per heavy atom. The standard InChI is InChI=1S/C55H41N/c1-5-13-38(14-6-1)40-21-25-42(26-22-40)48-33-49(43-27-23-41(24-28-43)39-15-7-2-8-16-39)35-50(34-48)47-30-29-45-31-32-53-55(51(45)36-47)52(44-17-9-3-10-18-44)37-54(56-53)46-19-11-4-12-20-46/h1-32,34-37,48,54,56H,33H2. The fraction of sp³-hybridized carbons (Fsp3) is 0.0545. The topological polar surface area (TPSA) is 12.0 Å². The van der Waals surface area contributed by atoms with Gasteiger partial charge in [0, 0.05) is 17.2 Å². The smallest absolute Gasteiger partial charge is 0.0707 e. The monoisotopic (exact) mass is 715 g/mol. The fourth-order valence-electron chi connectivity index (χ4n) is 8.53. The van der Waals surface area contributed by atoms with Gasteiger partial charge >= 0.3 is 0 Å². The van der Waals surface area contributed by atoms with Crippen LogP contribution in [0.25, 0.3) is 49.7 Å². The van der Waals surface area contributed by atoms with Gasteiger partial charge in [-0.25, -0.2) is 0 Å². The molecule has 0 aromatic heterocycles. The highest BCUT2D eigenvalue weighted by atomic mass is 14.9. The van der Waals surface area contributed by atoms with Crippen LogP contribution in [-0.2, 0) is 0 Å². The Bertz CT molecular complexity index is 2740. The maximum absolute atomic E-state index is 3.89. The summed E-state index contributed by atoms with van der Waals surface area (Å²) in [4.78, 5) is 0. The summed E-state index contributed by atoms with van der Waals surface area (Å²) in [6, 6.07) is 72.9. The van der Waals surface area contributed by atoms with Gasteiger partial charge in [-0.3, -0.25) is 0 Å². The summed E-state index contributed by atoms with van der Waals surface area (Å²) in [7, 11) is 0. The zero-order chi connectivity index (χ0) is 37.3. The number of hydrogen-bond acceptors (Lipinski definition) is 1. The maximum atomic E-state index is 3.89.